The predicted octanol–water partition coefficient (Wildman–Crippen LogP) is 0.290. The Bertz CT molecular complexity index is 471. The summed E-state index contributed by atoms with van der Waals surface area (Å²) in [5.41, 5.74) is 17.2. The van der Waals surface area contributed by atoms with Crippen LogP contribution in [0.3, 0.4) is 0 Å². The number of primary amides is 2. The van der Waals surface area contributed by atoms with Crippen molar-refractivity contribution in [3.05, 3.63) is 23.8 Å². The van der Waals surface area contributed by atoms with Gasteiger partial charge in [0, 0.05) is 0 Å². The van der Waals surface area contributed by atoms with Crippen LogP contribution in [0.4, 0.5) is 11.4 Å². The molecule has 0 spiro atoms. The predicted molar refractivity (Wildman–Crippen MR) is 70.8 cm³/mol. The van der Waals surface area contributed by atoms with Gasteiger partial charge in [-0.2, -0.15) is 0 Å². The van der Waals surface area contributed by atoms with Crippen LogP contribution >= 0.6 is 0 Å². The van der Waals surface area contributed by atoms with Crippen LogP contribution in [0.2, 0.25) is 0 Å². The van der Waals surface area contributed by atoms with Gasteiger partial charge in [-0.05, 0) is 18.1 Å². The number of nitrogens with one attached hydrogen (secondary N) is 1. The van der Waals surface area contributed by atoms with Gasteiger partial charge in [0.05, 0.1) is 16.9 Å². The molecule has 98 valence electrons. The number of nitrogen functional groups attached to an aromatic ring is 1. The lowest BCUT2D eigenvalue weighted by Crippen LogP contribution is -2.39. The lowest BCUT2D eigenvalue weighted by molar-refractivity contribution is -0.119. The summed E-state index contributed by atoms with van der Waals surface area (Å²) >= 11 is 0. The van der Waals surface area contributed by atoms with E-state index in [9.17, 15) is 9.59 Å². The van der Waals surface area contributed by atoms with Crippen LogP contribution in [-0.2, 0) is 4.79 Å². The van der Waals surface area contributed by atoms with Crippen LogP contribution in [0, 0.1) is 5.92 Å². The minimum absolute atomic E-state index is 0.000802. The van der Waals surface area contributed by atoms with E-state index in [0.29, 0.717) is 5.69 Å². The maximum atomic E-state index is 11.3. The summed E-state index contributed by atoms with van der Waals surface area (Å²) in [6, 6.07) is 4.27. The Kier molecular flexibility index (Phi) is 4.14. The van der Waals surface area contributed by atoms with E-state index in [1.165, 1.54) is 6.07 Å². The highest BCUT2D eigenvalue weighted by molar-refractivity contribution is 6.01. The molecule has 1 aromatic carbocycles. The Morgan fingerprint density at radius 2 is 1.83 bits per heavy atom. The van der Waals surface area contributed by atoms with Crippen LogP contribution < -0.4 is 22.5 Å². The molecule has 0 saturated heterocycles. The molecule has 1 unspecified atom stereocenters. The summed E-state index contributed by atoms with van der Waals surface area (Å²) in [6.45, 7) is 3.72. The number of rotatable bonds is 5. The van der Waals surface area contributed by atoms with Crippen molar-refractivity contribution >= 4 is 23.2 Å². The van der Waals surface area contributed by atoms with E-state index in [4.69, 9.17) is 17.2 Å². The van der Waals surface area contributed by atoms with Crippen LogP contribution in [0.15, 0.2) is 18.2 Å². The standard InChI is InChI=1S/C12H18N4O2/c1-6(2)10(12(15)18)16-8-5-3-4-7(9(8)13)11(14)17/h3-6,10,16H,13H2,1-2H3,(H2,14,17)(H2,15,18). The molecule has 0 aromatic heterocycles. The number of nitrogens with two attached hydrogens (primary N) is 3. The van der Waals surface area contributed by atoms with Gasteiger partial charge >= 0.3 is 0 Å². The molecule has 0 radical (unpaired) electrons. The first-order valence-corrected chi connectivity index (χ1v) is 5.58. The number of amides is 2. The smallest absolute Gasteiger partial charge is 0.250 e. The third-order valence-electron chi connectivity index (χ3n) is 2.66. The topological polar surface area (TPSA) is 124 Å². The van der Waals surface area contributed by atoms with Gasteiger partial charge in [-0.25, -0.2) is 0 Å². The minimum Gasteiger partial charge on any atom is -0.396 e. The zero-order valence-corrected chi connectivity index (χ0v) is 10.4. The summed E-state index contributed by atoms with van der Waals surface area (Å²) < 4.78 is 0. The number of hydrogen-bond donors (Lipinski definition) is 4. The van der Waals surface area contributed by atoms with E-state index in [1.54, 1.807) is 12.1 Å². The van der Waals surface area contributed by atoms with Crippen molar-refractivity contribution < 1.29 is 9.59 Å². The van der Waals surface area contributed by atoms with E-state index < -0.39 is 17.9 Å². The highest BCUT2D eigenvalue weighted by Crippen LogP contribution is 2.24. The fourth-order valence-electron chi connectivity index (χ4n) is 1.64. The summed E-state index contributed by atoms with van der Waals surface area (Å²) in [7, 11) is 0. The number of benzene rings is 1. The molecule has 6 heteroatoms. The molecule has 18 heavy (non-hydrogen) atoms. The van der Waals surface area contributed by atoms with Crippen molar-refractivity contribution in [3.8, 4) is 0 Å². The molecule has 0 bridgehead atoms. The van der Waals surface area contributed by atoms with Gasteiger partial charge in [0.2, 0.25) is 5.91 Å². The minimum atomic E-state index is -0.615. The highest BCUT2D eigenvalue weighted by Gasteiger charge is 2.20. The van der Waals surface area contributed by atoms with Gasteiger partial charge in [0.1, 0.15) is 6.04 Å². The quantitative estimate of drug-likeness (QED) is 0.560. The maximum Gasteiger partial charge on any atom is 0.250 e. The van der Waals surface area contributed by atoms with Crippen molar-refractivity contribution in [2.75, 3.05) is 11.1 Å². The third kappa shape index (κ3) is 2.91. The van der Waals surface area contributed by atoms with Crippen molar-refractivity contribution in [1.82, 2.24) is 0 Å². The zero-order chi connectivity index (χ0) is 13.9. The maximum absolute atomic E-state index is 11.3. The van der Waals surface area contributed by atoms with Gasteiger partial charge in [0.15, 0.2) is 0 Å². The molecule has 0 fully saturated rings. The largest absolute Gasteiger partial charge is 0.396 e. The van der Waals surface area contributed by atoms with Gasteiger partial charge in [0.25, 0.3) is 5.91 Å². The van der Waals surface area contributed by atoms with Crippen LogP contribution in [0.25, 0.3) is 0 Å². The molecule has 1 aromatic rings. The monoisotopic (exact) mass is 250 g/mol. The van der Waals surface area contributed by atoms with E-state index in [2.05, 4.69) is 5.32 Å². The normalized spacial score (nSPS) is 12.2. The van der Waals surface area contributed by atoms with E-state index in [-0.39, 0.29) is 17.2 Å². The van der Waals surface area contributed by atoms with Crippen molar-refractivity contribution in [1.29, 1.82) is 0 Å². The molecule has 1 atom stereocenters. The first-order valence-electron chi connectivity index (χ1n) is 5.58. The SMILES string of the molecule is CC(C)C(Nc1cccc(C(N)=O)c1N)C(N)=O. The third-order valence-corrected chi connectivity index (χ3v) is 2.66. The van der Waals surface area contributed by atoms with Gasteiger partial charge in [-0.1, -0.05) is 19.9 Å². The van der Waals surface area contributed by atoms with Crippen molar-refractivity contribution in [2.45, 2.75) is 19.9 Å². The zero-order valence-electron chi connectivity index (χ0n) is 10.4. The molecule has 1 rings (SSSR count). The molecule has 7 N–H and O–H groups in total. The lowest BCUT2D eigenvalue weighted by atomic mass is 10.0. The van der Waals surface area contributed by atoms with E-state index >= 15 is 0 Å². The molecule has 0 saturated carbocycles. The molecule has 2 amide bonds. The van der Waals surface area contributed by atoms with Gasteiger partial charge in [-0.3, -0.25) is 9.59 Å². The van der Waals surface area contributed by atoms with Crippen molar-refractivity contribution in [2.24, 2.45) is 17.4 Å². The number of hydrogen-bond acceptors (Lipinski definition) is 4. The Hall–Kier alpha value is -2.24. The second-order valence-corrected chi connectivity index (χ2v) is 4.40. The van der Waals surface area contributed by atoms with Gasteiger partial charge < -0.3 is 22.5 Å². The highest BCUT2D eigenvalue weighted by atomic mass is 16.1. The fraction of sp³-hybridized carbons (Fsp3) is 0.333. The average molecular weight is 250 g/mol. The average Bonchev–Trinajstić information content (AvgIpc) is 2.26. The van der Waals surface area contributed by atoms with E-state index in [1.807, 2.05) is 13.8 Å². The van der Waals surface area contributed by atoms with Crippen LogP contribution in [0.1, 0.15) is 24.2 Å². The Morgan fingerprint density at radius 1 is 1.22 bits per heavy atom. The first-order chi connectivity index (χ1) is 8.34. The number of para-hydroxylation sites is 1. The molecular weight excluding hydrogens is 232 g/mol. The first kappa shape index (κ1) is 13.8. The second kappa shape index (κ2) is 5.39. The Balaban J connectivity index is 3.07. The Morgan fingerprint density at radius 3 is 2.28 bits per heavy atom. The molecular formula is C12H18N4O2. The molecule has 0 aliphatic heterocycles. The van der Waals surface area contributed by atoms with Crippen molar-refractivity contribution in [3.63, 3.8) is 0 Å². The number of carbonyl (C=O) groups excluding carboxylic acids is 2. The molecule has 0 aliphatic carbocycles. The molecule has 0 heterocycles. The second-order valence-electron chi connectivity index (χ2n) is 4.40. The molecule has 6 nitrogen and oxygen atoms in total. The summed E-state index contributed by atoms with van der Waals surface area (Å²) in [5, 5.41) is 2.93. The van der Waals surface area contributed by atoms with Crippen LogP contribution in [0.5, 0.6) is 0 Å². The number of carbonyl (C=O) groups is 2. The summed E-state index contributed by atoms with van der Waals surface area (Å²) in [4.78, 5) is 22.5. The molecule has 0 aliphatic rings. The van der Waals surface area contributed by atoms with E-state index in [0.717, 1.165) is 0 Å². The Labute approximate surface area is 106 Å². The number of anilines is 2. The summed E-state index contributed by atoms with van der Waals surface area (Å²) in [6.07, 6.45) is 0. The van der Waals surface area contributed by atoms with Crippen LogP contribution in [-0.4, -0.2) is 17.9 Å². The fourth-order valence-corrected chi connectivity index (χ4v) is 1.64. The van der Waals surface area contributed by atoms with Gasteiger partial charge in [-0.15, -0.1) is 0 Å². The lowest BCUT2D eigenvalue weighted by Gasteiger charge is -2.21. The summed E-state index contributed by atoms with van der Waals surface area (Å²) in [5.74, 6) is -1.09.